The highest BCUT2D eigenvalue weighted by atomic mass is 19.3. The number of benzene rings is 1. The molecule has 0 aliphatic heterocycles. The van der Waals surface area contributed by atoms with Gasteiger partial charge in [-0.25, -0.2) is 13.6 Å². The number of alkyl halides is 2. The van der Waals surface area contributed by atoms with Gasteiger partial charge in [-0.15, -0.1) is 0 Å². The molecule has 23 heavy (non-hydrogen) atoms. The average molecular weight is 324 g/mol. The Morgan fingerprint density at radius 3 is 2.70 bits per heavy atom. The van der Waals surface area contributed by atoms with Crippen molar-refractivity contribution in [2.45, 2.75) is 57.4 Å². The van der Waals surface area contributed by atoms with Crippen LogP contribution in [0, 0.1) is 5.92 Å². The van der Waals surface area contributed by atoms with Gasteiger partial charge in [0, 0.05) is 25.4 Å². The van der Waals surface area contributed by atoms with Gasteiger partial charge in [-0.3, -0.25) is 0 Å². The Morgan fingerprint density at radius 1 is 1.26 bits per heavy atom. The van der Waals surface area contributed by atoms with E-state index in [9.17, 15) is 13.6 Å². The first-order chi connectivity index (χ1) is 11.0. The summed E-state index contributed by atoms with van der Waals surface area (Å²) in [6.45, 7) is 2.38. The van der Waals surface area contributed by atoms with Crippen molar-refractivity contribution in [2.75, 3.05) is 6.54 Å². The summed E-state index contributed by atoms with van der Waals surface area (Å²) in [7, 11) is 0. The molecule has 0 saturated heterocycles. The van der Waals surface area contributed by atoms with Gasteiger partial charge in [-0.1, -0.05) is 37.3 Å². The lowest BCUT2D eigenvalue weighted by atomic mass is 9.83. The Labute approximate surface area is 136 Å². The molecule has 1 aliphatic carbocycles. The largest absolute Gasteiger partial charge is 0.338 e. The fourth-order valence-corrected chi connectivity index (χ4v) is 3.10. The minimum absolute atomic E-state index is 0.140. The zero-order valence-corrected chi connectivity index (χ0v) is 13.7. The molecule has 2 unspecified atom stereocenters. The van der Waals surface area contributed by atoms with Crippen LogP contribution in [0.1, 0.15) is 44.6 Å². The van der Waals surface area contributed by atoms with Crippen LogP contribution in [0.3, 0.4) is 0 Å². The van der Waals surface area contributed by atoms with Gasteiger partial charge in [0.15, 0.2) is 0 Å². The molecule has 1 saturated carbocycles. The van der Waals surface area contributed by atoms with Crippen LogP contribution < -0.4 is 10.6 Å². The molecule has 1 aromatic carbocycles. The Morgan fingerprint density at radius 2 is 2.00 bits per heavy atom. The number of rotatable bonds is 6. The number of nitrogens with one attached hydrogen (secondary N) is 2. The van der Waals surface area contributed by atoms with Gasteiger partial charge < -0.3 is 10.6 Å². The highest BCUT2D eigenvalue weighted by Crippen LogP contribution is 2.36. The quantitative estimate of drug-likeness (QED) is 0.759. The first-order valence-corrected chi connectivity index (χ1v) is 8.42. The Bertz CT molecular complexity index is 493. The minimum atomic E-state index is -2.58. The summed E-state index contributed by atoms with van der Waals surface area (Å²) in [6, 6.07) is 9.84. The third-order valence-corrected chi connectivity index (χ3v) is 4.47. The maximum atomic E-state index is 13.3. The average Bonchev–Trinajstić information content (AvgIpc) is 2.50. The standard InChI is InChI=1S/C18H26F2N2O/c1-14-13-18(19,20)11-10-16(14)22-17(23)21-12-6-5-9-15-7-3-2-4-8-15/h2-4,7-8,14,16H,5-6,9-13H2,1H3,(H2,21,22,23). The molecule has 2 rings (SSSR count). The lowest BCUT2D eigenvalue weighted by Crippen LogP contribution is -2.49. The molecule has 2 amide bonds. The molecule has 2 atom stereocenters. The Hall–Kier alpha value is -1.65. The maximum absolute atomic E-state index is 13.3. The SMILES string of the molecule is CC1CC(F)(F)CCC1NC(=O)NCCCCc1ccccc1. The fourth-order valence-electron chi connectivity index (χ4n) is 3.10. The monoisotopic (exact) mass is 324 g/mol. The maximum Gasteiger partial charge on any atom is 0.315 e. The van der Waals surface area contributed by atoms with Crippen LogP contribution in [0.2, 0.25) is 0 Å². The molecular weight excluding hydrogens is 298 g/mol. The zero-order valence-electron chi connectivity index (χ0n) is 13.7. The van der Waals surface area contributed by atoms with E-state index < -0.39 is 5.92 Å². The predicted octanol–water partition coefficient (Wildman–Crippen LogP) is 4.13. The summed E-state index contributed by atoms with van der Waals surface area (Å²) in [5, 5.41) is 5.65. The molecule has 1 fully saturated rings. The van der Waals surface area contributed by atoms with Crippen molar-refractivity contribution >= 4 is 6.03 Å². The Kier molecular flexibility index (Phi) is 6.37. The van der Waals surface area contributed by atoms with Crippen molar-refractivity contribution < 1.29 is 13.6 Å². The van der Waals surface area contributed by atoms with E-state index in [2.05, 4.69) is 22.8 Å². The number of hydrogen-bond donors (Lipinski definition) is 2. The van der Waals surface area contributed by atoms with Crippen molar-refractivity contribution in [2.24, 2.45) is 5.92 Å². The van der Waals surface area contributed by atoms with E-state index in [0.717, 1.165) is 19.3 Å². The molecule has 1 aliphatic rings. The number of aryl methyl sites for hydroxylation is 1. The van der Waals surface area contributed by atoms with Gasteiger partial charge in [0.05, 0.1) is 0 Å². The molecule has 3 nitrogen and oxygen atoms in total. The van der Waals surface area contributed by atoms with Crippen LogP contribution in [-0.2, 0) is 6.42 Å². The third-order valence-electron chi connectivity index (χ3n) is 4.47. The normalized spacial score (nSPS) is 23.3. The summed E-state index contributed by atoms with van der Waals surface area (Å²) < 4.78 is 26.5. The van der Waals surface area contributed by atoms with Crippen molar-refractivity contribution in [1.82, 2.24) is 10.6 Å². The summed E-state index contributed by atoms with van der Waals surface area (Å²) in [5.74, 6) is -2.77. The molecule has 1 aromatic rings. The lowest BCUT2D eigenvalue weighted by Gasteiger charge is -2.34. The van der Waals surface area contributed by atoms with Gasteiger partial charge in [-0.2, -0.15) is 0 Å². The fraction of sp³-hybridized carbons (Fsp3) is 0.611. The number of halogens is 2. The van der Waals surface area contributed by atoms with E-state index in [4.69, 9.17) is 0 Å². The zero-order chi connectivity index (χ0) is 16.7. The lowest BCUT2D eigenvalue weighted by molar-refractivity contribution is -0.0572. The Balaban J connectivity index is 1.58. The van der Waals surface area contributed by atoms with Crippen LogP contribution in [0.5, 0.6) is 0 Å². The van der Waals surface area contributed by atoms with Gasteiger partial charge >= 0.3 is 6.03 Å². The smallest absolute Gasteiger partial charge is 0.315 e. The molecule has 0 radical (unpaired) electrons. The second-order valence-corrected chi connectivity index (χ2v) is 6.53. The second kappa shape index (κ2) is 8.27. The highest BCUT2D eigenvalue weighted by molar-refractivity contribution is 5.74. The number of amides is 2. The first-order valence-electron chi connectivity index (χ1n) is 8.42. The van der Waals surface area contributed by atoms with E-state index in [1.54, 1.807) is 6.92 Å². The topological polar surface area (TPSA) is 41.1 Å². The van der Waals surface area contributed by atoms with Crippen molar-refractivity contribution in [3.05, 3.63) is 35.9 Å². The van der Waals surface area contributed by atoms with E-state index in [0.29, 0.717) is 13.0 Å². The number of unbranched alkanes of at least 4 members (excludes halogenated alkanes) is 1. The summed E-state index contributed by atoms with van der Waals surface area (Å²) >= 11 is 0. The van der Waals surface area contributed by atoms with E-state index >= 15 is 0 Å². The van der Waals surface area contributed by atoms with E-state index in [-0.39, 0.29) is 30.8 Å². The number of carbonyl (C=O) groups excluding carboxylic acids is 1. The molecular formula is C18H26F2N2O. The van der Waals surface area contributed by atoms with Crippen LogP contribution in [0.25, 0.3) is 0 Å². The van der Waals surface area contributed by atoms with Crippen LogP contribution in [-0.4, -0.2) is 24.5 Å². The van der Waals surface area contributed by atoms with E-state index in [1.807, 2.05) is 18.2 Å². The number of carbonyl (C=O) groups is 1. The number of hydrogen-bond acceptors (Lipinski definition) is 1. The summed E-state index contributed by atoms with van der Waals surface area (Å²) in [5.41, 5.74) is 1.30. The van der Waals surface area contributed by atoms with Gasteiger partial charge in [0.2, 0.25) is 5.92 Å². The van der Waals surface area contributed by atoms with Crippen LogP contribution >= 0.6 is 0 Å². The minimum Gasteiger partial charge on any atom is -0.338 e. The van der Waals surface area contributed by atoms with Crippen LogP contribution in [0.15, 0.2) is 30.3 Å². The molecule has 5 heteroatoms. The first kappa shape index (κ1) is 17.7. The highest BCUT2D eigenvalue weighted by Gasteiger charge is 2.39. The van der Waals surface area contributed by atoms with Gasteiger partial charge in [-0.05, 0) is 37.2 Å². The molecule has 0 bridgehead atoms. The third kappa shape index (κ3) is 6.16. The molecule has 0 spiro atoms. The summed E-state index contributed by atoms with van der Waals surface area (Å²) in [4.78, 5) is 11.8. The molecule has 2 N–H and O–H groups in total. The van der Waals surface area contributed by atoms with E-state index in [1.165, 1.54) is 5.56 Å². The summed E-state index contributed by atoms with van der Waals surface area (Å²) in [6.07, 6.45) is 2.97. The molecule has 0 aromatic heterocycles. The van der Waals surface area contributed by atoms with Crippen LogP contribution in [0.4, 0.5) is 13.6 Å². The predicted molar refractivity (Wildman–Crippen MR) is 87.7 cm³/mol. The number of urea groups is 1. The second-order valence-electron chi connectivity index (χ2n) is 6.53. The molecule has 0 heterocycles. The molecule has 128 valence electrons. The van der Waals surface area contributed by atoms with Crippen molar-refractivity contribution in [3.8, 4) is 0 Å². The van der Waals surface area contributed by atoms with Crippen molar-refractivity contribution in [1.29, 1.82) is 0 Å². The van der Waals surface area contributed by atoms with Gasteiger partial charge in [0.1, 0.15) is 0 Å². The van der Waals surface area contributed by atoms with Gasteiger partial charge in [0.25, 0.3) is 0 Å². The van der Waals surface area contributed by atoms with Crippen molar-refractivity contribution in [3.63, 3.8) is 0 Å².